The summed E-state index contributed by atoms with van der Waals surface area (Å²) in [4.78, 5) is 18.5. The molecule has 0 amide bonds. The Bertz CT molecular complexity index is 912. The minimum atomic E-state index is -0.0723. The Hall–Kier alpha value is -2.80. The average molecular weight is 337 g/mol. The molecule has 0 aromatic carbocycles. The fourth-order valence-corrected chi connectivity index (χ4v) is 3.13. The molecule has 1 aliphatic heterocycles. The zero-order valence-electron chi connectivity index (χ0n) is 14.0. The number of likely N-dealkylation sites (tertiary alicyclic amines) is 1. The van der Waals surface area contributed by atoms with Gasteiger partial charge in [-0.1, -0.05) is 5.16 Å². The normalized spacial score (nSPS) is 15.2. The van der Waals surface area contributed by atoms with Gasteiger partial charge in [0.05, 0.1) is 24.5 Å². The van der Waals surface area contributed by atoms with Gasteiger partial charge in [-0.15, -0.1) is 0 Å². The Kier molecular flexibility index (Phi) is 4.15. The van der Waals surface area contributed by atoms with Crippen molar-refractivity contribution in [3.8, 4) is 11.3 Å². The largest absolute Gasteiger partial charge is 0.360 e. The molecule has 1 saturated heterocycles. The fourth-order valence-electron chi connectivity index (χ4n) is 3.13. The first-order chi connectivity index (χ1) is 12.2. The maximum absolute atomic E-state index is 12.1. The van der Waals surface area contributed by atoms with Crippen LogP contribution in [0.1, 0.15) is 11.5 Å². The Morgan fingerprint density at radius 2 is 2.16 bits per heavy atom. The van der Waals surface area contributed by atoms with Crippen LogP contribution in [0.3, 0.4) is 0 Å². The van der Waals surface area contributed by atoms with E-state index in [-0.39, 0.29) is 5.56 Å². The first kappa shape index (κ1) is 15.7. The van der Waals surface area contributed by atoms with E-state index in [1.54, 1.807) is 29.2 Å². The van der Waals surface area contributed by atoms with Gasteiger partial charge in [-0.2, -0.15) is 5.10 Å². The van der Waals surface area contributed by atoms with Gasteiger partial charge in [0.1, 0.15) is 0 Å². The second-order valence-corrected chi connectivity index (χ2v) is 6.48. The van der Waals surface area contributed by atoms with Crippen molar-refractivity contribution >= 4 is 0 Å². The monoisotopic (exact) mass is 337 g/mol. The number of pyridine rings is 1. The van der Waals surface area contributed by atoms with Gasteiger partial charge < -0.3 is 4.52 Å². The van der Waals surface area contributed by atoms with Crippen LogP contribution in [0.15, 0.2) is 52.0 Å². The van der Waals surface area contributed by atoms with Gasteiger partial charge in [-0.3, -0.25) is 14.7 Å². The summed E-state index contributed by atoms with van der Waals surface area (Å²) < 4.78 is 6.80. The second kappa shape index (κ2) is 6.60. The first-order valence-corrected chi connectivity index (χ1v) is 8.30. The summed E-state index contributed by atoms with van der Waals surface area (Å²) in [6, 6.07) is 9.07. The van der Waals surface area contributed by atoms with E-state index in [0.29, 0.717) is 12.5 Å². The molecule has 25 heavy (non-hydrogen) atoms. The first-order valence-electron chi connectivity index (χ1n) is 8.30. The van der Waals surface area contributed by atoms with Gasteiger partial charge in [0.25, 0.3) is 5.56 Å². The maximum Gasteiger partial charge on any atom is 0.266 e. The molecule has 7 heteroatoms. The van der Waals surface area contributed by atoms with Gasteiger partial charge in [0.2, 0.25) is 0 Å². The molecule has 0 saturated carbocycles. The molecule has 0 N–H and O–H groups in total. The van der Waals surface area contributed by atoms with Gasteiger partial charge in [0, 0.05) is 49.1 Å². The summed E-state index contributed by atoms with van der Waals surface area (Å²) in [5, 5.41) is 8.40. The second-order valence-electron chi connectivity index (χ2n) is 6.48. The molecule has 128 valence electrons. The average Bonchev–Trinajstić information content (AvgIpc) is 3.00. The third kappa shape index (κ3) is 3.51. The lowest BCUT2D eigenvalue weighted by molar-refractivity contribution is 0.0677. The molecule has 0 bridgehead atoms. The van der Waals surface area contributed by atoms with Crippen molar-refractivity contribution in [2.24, 2.45) is 5.92 Å². The van der Waals surface area contributed by atoms with Gasteiger partial charge in [-0.25, -0.2) is 4.68 Å². The Labute approximate surface area is 144 Å². The highest BCUT2D eigenvalue weighted by molar-refractivity contribution is 5.56. The number of hydrogen-bond donors (Lipinski definition) is 0. The predicted octanol–water partition coefficient (Wildman–Crippen LogP) is 1.73. The molecule has 4 rings (SSSR count). The third-order valence-corrected chi connectivity index (χ3v) is 4.34. The number of nitrogens with zero attached hydrogens (tertiary/aromatic N) is 5. The highest BCUT2D eigenvalue weighted by atomic mass is 16.5. The van der Waals surface area contributed by atoms with Crippen LogP contribution >= 0.6 is 0 Å². The maximum atomic E-state index is 12.1. The zero-order chi connectivity index (χ0) is 17.2. The summed E-state index contributed by atoms with van der Waals surface area (Å²) in [7, 11) is 0. The van der Waals surface area contributed by atoms with E-state index in [1.165, 1.54) is 0 Å². The minimum absolute atomic E-state index is 0.0723. The quantitative estimate of drug-likeness (QED) is 0.706. The molecule has 1 fully saturated rings. The van der Waals surface area contributed by atoms with Crippen molar-refractivity contribution in [2.75, 3.05) is 13.1 Å². The summed E-state index contributed by atoms with van der Waals surface area (Å²) in [5.41, 5.74) is 2.50. The molecule has 1 aliphatic rings. The minimum Gasteiger partial charge on any atom is -0.360 e. The lowest BCUT2D eigenvalue weighted by Crippen LogP contribution is -2.48. The van der Waals surface area contributed by atoms with Crippen molar-refractivity contribution in [2.45, 2.75) is 20.0 Å². The molecule has 3 aromatic rings. The molecule has 3 aromatic heterocycles. The Morgan fingerprint density at radius 3 is 2.88 bits per heavy atom. The van der Waals surface area contributed by atoms with E-state index < -0.39 is 0 Å². The third-order valence-electron chi connectivity index (χ3n) is 4.34. The molecular weight excluding hydrogens is 318 g/mol. The lowest BCUT2D eigenvalue weighted by atomic mass is 10.00. The van der Waals surface area contributed by atoms with Crippen molar-refractivity contribution in [3.63, 3.8) is 0 Å². The van der Waals surface area contributed by atoms with Crippen LogP contribution in [-0.2, 0) is 13.1 Å². The number of aromatic nitrogens is 4. The van der Waals surface area contributed by atoms with Crippen LogP contribution in [0.5, 0.6) is 0 Å². The molecule has 7 nitrogen and oxygen atoms in total. The molecule has 0 radical (unpaired) electrons. The summed E-state index contributed by atoms with van der Waals surface area (Å²) in [5.74, 6) is 1.29. The highest BCUT2D eigenvalue weighted by Crippen LogP contribution is 2.20. The topological polar surface area (TPSA) is 77.0 Å². The molecule has 4 heterocycles. The van der Waals surface area contributed by atoms with Crippen molar-refractivity contribution in [3.05, 3.63) is 64.5 Å². The van der Waals surface area contributed by atoms with E-state index in [4.69, 9.17) is 4.52 Å². The van der Waals surface area contributed by atoms with E-state index in [2.05, 4.69) is 20.1 Å². The standard InChI is InChI=1S/C18H19N5O2/c1-13-7-16(25-21-13)12-22-9-14(10-22)11-23-18(24)5-4-17(20-23)15-3-2-6-19-8-15/h2-8,14H,9-12H2,1H3. The molecule has 0 unspecified atom stereocenters. The van der Waals surface area contributed by atoms with Crippen LogP contribution in [0.25, 0.3) is 11.3 Å². The Morgan fingerprint density at radius 1 is 1.28 bits per heavy atom. The van der Waals surface area contributed by atoms with E-state index in [1.807, 2.05) is 25.1 Å². The van der Waals surface area contributed by atoms with E-state index >= 15 is 0 Å². The Balaban J connectivity index is 1.39. The molecule has 0 atom stereocenters. The predicted molar refractivity (Wildman–Crippen MR) is 91.7 cm³/mol. The summed E-state index contributed by atoms with van der Waals surface area (Å²) in [6.45, 7) is 5.14. The molecule has 0 spiro atoms. The van der Waals surface area contributed by atoms with Crippen molar-refractivity contribution in [1.29, 1.82) is 0 Å². The number of aryl methyl sites for hydroxylation is 1. The summed E-state index contributed by atoms with van der Waals surface area (Å²) >= 11 is 0. The highest BCUT2D eigenvalue weighted by Gasteiger charge is 2.28. The van der Waals surface area contributed by atoms with Gasteiger partial charge in [-0.05, 0) is 25.1 Å². The van der Waals surface area contributed by atoms with Crippen LogP contribution in [-0.4, -0.2) is 37.9 Å². The van der Waals surface area contributed by atoms with E-state index in [0.717, 1.165) is 42.3 Å². The van der Waals surface area contributed by atoms with Gasteiger partial charge in [0.15, 0.2) is 5.76 Å². The van der Waals surface area contributed by atoms with Crippen molar-refractivity contribution in [1.82, 2.24) is 24.8 Å². The van der Waals surface area contributed by atoms with Crippen LogP contribution in [0, 0.1) is 12.8 Å². The fraction of sp³-hybridized carbons (Fsp3) is 0.333. The van der Waals surface area contributed by atoms with E-state index in [9.17, 15) is 4.79 Å². The van der Waals surface area contributed by atoms with Crippen molar-refractivity contribution < 1.29 is 4.52 Å². The van der Waals surface area contributed by atoms with Crippen LogP contribution < -0.4 is 5.56 Å². The van der Waals surface area contributed by atoms with Crippen LogP contribution in [0.4, 0.5) is 0 Å². The smallest absolute Gasteiger partial charge is 0.266 e. The lowest BCUT2D eigenvalue weighted by Gasteiger charge is -2.38. The SMILES string of the molecule is Cc1cc(CN2CC(Cn3nc(-c4cccnc4)ccc3=O)C2)on1. The molecular formula is C18H19N5O2. The van der Waals surface area contributed by atoms with Gasteiger partial charge >= 0.3 is 0 Å². The zero-order valence-corrected chi connectivity index (χ0v) is 14.0. The number of rotatable bonds is 5. The number of hydrogen-bond acceptors (Lipinski definition) is 6. The van der Waals surface area contributed by atoms with Crippen LogP contribution in [0.2, 0.25) is 0 Å². The summed E-state index contributed by atoms with van der Waals surface area (Å²) in [6.07, 6.45) is 3.47. The molecule has 0 aliphatic carbocycles.